The number of rotatable bonds is 5. The second-order valence-corrected chi connectivity index (χ2v) is 7.83. The molecule has 1 fully saturated rings. The fourth-order valence-corrected chi connectivity index (χ4v) is 4.09. The van der Waals surface area contributed by atoms with Crippen molar-refractivity contribution in [2.45, 2.75) is 26.2 Å². The molecule has 0 atom stereocenters. The fraction of sp³-hybridized carbons (Fsp3) is 0.375. The molecule has 0 aliphatic carbocycles. The Morgan fingerprint density at radius 3 is 2.23 bits per heavy atom. The highest BCUT2D eigenvalue weighted by molar-refractivity contribution is 6.02. The summed E-state index contributed by atoms with van der Waals surface area (Å²) < 4.78 is 0. The van der Waals surface area contributed by atoms with E-state index in [1.165, 1.54) is 16.3 Å². The van der Waals surface area contributed by atoms with Crippen LogP contribution in [0.5, 0.6) is 0 Å². The number of para-hydroxylation sites is 1. The molecule has 2 aromatic rings. The summed E-state index contributed by atoms with van der Waals surface area (Å²) in [5, 5.41) is 5.99. The predicted molar refractivity (Wildman–Crippen MR) is 119 cm³/mol. The van der Waals surface area contributed by atoms with Crippen LogP contribution in [0.1, 0.15) is 30.4 Å². The Balaban J connectivity index is 1.25. The topological polar surface area (TPSA) is 56.2 Å². The van der Waals surface area contributed by atoms with Gasteiger partial charge in [-0.25, -0.2) is 5.01 Å². The van der Waals surface area contributed by atoms with Crippen molar-refractivity contribution >= 4 is 23.2 Å². The molecule has 156 valence electrons. The quantitative estimate of drug-likeness (QED) is 0.770. The Morgan fingerprint density at radius 2 is 1.50 bits per heavy atom. The van der Waals surface area contributed by atoms with Gasteiger partial charge >= 0.3 is 0 Å². The molecule has 2 aliphatic rings. The van der Waals surface area contributed by atoms with Gasteiger partial charge in [0.2, 0.25) is 11.8 Å². The van der Waals surface area contributed by atoms with E-state index < -0.39 is 0 Å². The molecule has 0 N–H and O–H groups in total. The van der Waals surface area contributed by atoms with Crippen LogP contribution in [0.15, 0.2) is 59.7 Å². The van der Waals surface area contributed by atoms with Crippen LogP contribution >= 0.6 is 0 Å². The van der Waals surface area contributed by atoms with Crippen LogP contribution in [-0.2, 0) is 9.59 Å². The molecule has 2 aromatic carbocycles. The van der Waals surface area contributed by atoms with Gasteiger partial charge in [0.15, 0.2) is 0 Å². The van der Waals surface area contributed by atoms with Crippen molar-refractivity contribution in [1.82, 2.24) is 9.91 Å². The monoisotopic (exact) mass is 404 g/mol. The largest absolute Gasteiger partial charge is 0.368 e. The van der Waals surface area contributed by atoms with Crippen LogP contribution in [0.2, 0.25) is 0 Å². The maximum absolute atomic E-state index is 12.6. The molecule has 30 heavy (non-hydrogen) atoms. The normalized spacial score (nSPS) is 16.6. The van der Waals surface area contributed by atoms with Gasteiger partial charge in [0.1, 0.15) is 0 Å². The van der Waals surface area contributed by atoms with E-state index in [1.807, 2.05) is 41.3 Å². The van der Waals surface area contributed by atoms with E-state index in [4.69, 9.17) is 0 Å². The molecule has 2 amide bonds. The Kier molecular flexibility index (Phi) is 6.12. The van der Waals surface area contributed by atoms with Crippen LogP contribution in [0.4, 0.5) is 5.69 Å². The van der Waals surface area contributed by atoms with Crippen LogP contribution in [0.3, 0.4) is 0 Å². The summed E-state index contributed by atoms with van der Waals surface area (Å²) in [5.74, 6) is -0.0212. The van der Waals surface area contributed by atoms with Gasteiger partial charge in [-0.3, -0.25) is 9.59 Å². The summed E-state index contributed by atoms with van der Waals surface area (Å²) in [6.07, 6.45) is 1.21. The van der Waals surface area contributed by atoms with Crippen LogP contribution in [0.25, 0.3) is 0 Å². The van der Waals surface area contributed by atoms with Gasteiger partial charge in [-0.1, -0.05) is 48.5 Å². The average Bonchev–Trinajstić information content (AvgIpc) is 3.29. The number of aryl methyl sites for hydroxylation is 1. The summed E-state index contributed by atoms with van der Waals surface area (Å²) in [5.41, 5.74) is 4.47. The molecule has 0 spiro atoms. The summed E-state index contributed by atoms with van der Waals surface area (Å²) in [4.78, 5) is 29.3. The highest BCUT2D eigenvalue weighted by Gasteiger charge is 2.25. The standard InChI is InChI=1S/C24H28N4O2/c1-19-7-5-6-10-22(19)26-15-17-27(18-16-26)23(29)11-12-24(30)28-14-13-21(25-28)20-8-3-2-4-9-20/h2-10H,11-18H2,1H3. The molecular weight excluding hydrogens is 376 g/mol. The minimum Gasteiger partial charge on any atom is -0.368 e. The number of amides is 2. The minimum absolute atomic E-state index is 0.0549. The van der Waals surface area contributed by atoms with Gasteiger partial charge in [-0.05, 0) is 24.1 Å². The van der Waals surface area contributed by atoms with Crippen LogP contribution < -0.4 is 4.90 Å². The van der Waals surface area contributed by atoms with E-state index >= 15 is 0 Å². The van der Waals surface area contributed by atoms with Crippen LogP contribution in [0, 0.1) is 6.92 Å². The molecule has 6 heteroatoms. The third-order valence-corrected chi connectivity index (χ3v) is 5.84. The average molecular weight is 405 g/mol. The third-order valence-electron chi connectivity index (χ3n) is 5.84. The third kappa shape index (κ3) is 4.53. The van der Waals surface area contributed by atoms with E-state index in [-0.39, 0.29) is 24.7 Å². The van der Waals surface area contributed by atoms with Crippen molar-refractivity contribution in [3.63, 3.8) is 0 Å². The number of hydrazone groups is 1. The first kappa shape index (κ1) is 20.1. The lowest BCUT2D eigenvalue weighted by Gasteiger charge is -2.36. The zero-order valence-electron chi connectivity index (χ0n) is 17.5. The predicted octanol–water partition coefficient (Wildman–Crippen LogP) is 3.06. The molecule has 0 aromatic heterocycles. The maximum atomic E-state index is 12.6. The second kappa shape index (κ2) is 9.11. The van der Waals surface area contributed by atoms with Gasteiger partial charge in [-0.2, -0.15) is 5.10 Å². The lowest BCUT2D eigenvalue weighted by atomic mass is 10.1. The van der Waals surface area contributed by atoms with E-state index in [1.54, 1.807) is 0 Å². The zero-order chi connectivity index (χ0) is 20.9. The number of hydrogen-bond acceptors (Lipinski definition) is 4. The van der Waals surface area contributed by atoms with E-state index in [0.717, 1.165) is 30.8 Å². The van der Waals surface area contributed by atoms with Crippen LogP contribution in [-0.4, -0.2) is 60.2 Å². The van der Waals surface area contributed by atoms with Gasteiger partial charge in [-0.15, -0.1) is 0 Å². The highest BCUT2D eigenvalue weighted by atomic mass is 16.2. The van der Waals surface area contributed by atoms with Gasteiger partial charge < -0.3 is 9.80 Å². The Morgan fingerprint density at radius 1 is 0.833 bits per heavy atom. The summed E-state index contributed by atoms with van der Waals surface area (Å²) >= 11 is 0. The highest BCUT2D eigenvalue weighted by Crippen LogP contribution is 2.21. The molecule has 2 aliphatic heterocycles. The Hall–Kier alpha value is -3.15. The van der Waals surface area contributed by atoms with Crippen molar-refractivity contribution in [3.05, 3.63) is 65.7 Å². The molecule has 2 heterocycles. The molecule has 0 saturated carbocycles. The molecule has 0 bridgehead atoms. The number of carbonyl (C=O) groups excluding carboxylic acids is 2. The second-order valence-electron chi connectivity index (χ2n) is 7.83. The smallest absolute Gasteiger partial charge is 0.243 e. The fourth-order valence-electron chi connectivity index (χ4n) is 4.09. The van der Waals surface area contributed by atoms with Crippen molar-refractivity contribution in [1.29, 1.82) is 0 Å². The first-order chi connectivity index (χ1) is 14.6. The Bertz CT molecular complexity index is 933. The number of piperazine rings is 1. The van der Waals surface area contributed by atoms with Crippen molar-refractivity contribution in [2.24, 2.45) is 5.10 Å². The summed E-state index contributed by atoms with van der Waals surface area (Å²) in [6, 6.07) is 18.3. The molecule has 6 nitrogen and oxygen atoms in total. The lowest BCUT2D eigenvalue weighted by Crippen LogP contribution is -2.49. The van der Waals surface area contributed by atoms with Gasteiger partial charge in [0, 0.05) is 51.1 Å². The summed E-state index contributed by atoms with van der Waals surface area (Å²) in [6.45, 7) is 5.74. The molecule has 0 unspecified atom stereocenters. The number of hydrogen-bond donors (Lipinski definition) is 0. The molecule has 1 saturated heterocycles. The Labute approximate surface area is 177 Å². The summed E-state index contributed by atoms with van der Waals surface area (Å²) in [7, 11) is 0. The minimum atomic E-state index is -0.0761. The van der Waals surface area contributed by atoms with E-state index in [9.17, 15) is 9.59 Å². The zero-order valence-corrected chi connectivity index (χ0v) is 17.5. The van der Waals surface area contributed by atoms with Crippen molar-refractivity contribution in [3.8, 4) is 0 Å². The molecular formula is C24H28N4O2. The van der Waals surface area contributed by atoms with Gasteiger partial charge in [0.05, 0.1) is 12.3 Å². The van der Waals surface area contributed by atoms with E-state index in [0.29, 0.717) is 19.6 Å². The first-order valence-corrected chi connectivity index (χ1v) is 10.6. The number of nitrogens with zero attached hydrogens (tertiary/aromatic N) is 4. The first-order valence-electron chi connectivity index (χ1n) is 10.6. The van der Waals surface area contributed by atoms with Crippen molar-refractivity contribution in [2.75, 3.05) is 37.6 Å². The number of anilines is 1. The van der Waals surface area contributed by atoms with Crippen molar-refractivity contribution < 1.29 is 9.59 Å². The molecule has 0 radical (unpaired) electrons. The lowest BCUT2D eigenvalue weighted by molar-refractivity contribution is -0.137. The van der Waals surface area contributed by atoms with E-state index in [2.05, 4.69) is 35.1 Å². The molecule has 4 rings (SSSR count). The maximum Gasteiger partial charge on any atom is 0.243 e. The number of benzene rings is 2. The SMILES string of the molecule is Cc1ccccc1N1CCN(C(=O)CCC(=O)N2CCC(c3ccccc3)=N2)CC1. The van der Waals surface area contributed by atoms with Gasteiger partial charge in [0.25, 0.3) is 0 Å². The number of carbonyl (C=O) groups is 2.